The third-order valence-corrected chi connectivity index (χ3v) is 2.12. The molecular formula is C7H7ClN4O. The highest BCUT2D eigenvalue weighted by atomic mass is 35.5. The molecule has 13 heavy (non-hydrogen) atoms. The van der Waals surface area contributed by atoms with Gasteiger partial charge in [-0.05, 0) is 0 Å². The first kappa shape index (κ1) is 8.12. The number of anilines is 1. The number of fused-ring (bicyclic) bond motifs is 1. The fourth-order valence-electron chi connectivity index (χ4n) is 1.21. The van der Waals surface area contributed by atoms with Crippen LogP contribution in [0.4, 0.5) is 5.69 Å². The van der Waals surface area contributed by atoms with Gasteiger partial charge in [0.25, 0.3) is 0 Å². The molecule has 0 aliphatic heterocycles. The SMILES string of the molecule is Cn1nc(Cl)c2c(=O)c(N)c[nH]c21. The van der Waals surface area contributed by atoms with Crippen molar-refractivity contribution in [2.45, 2.75) is 0 Å². The Kier molecular flexibility index (Phi) is 1.56. The lowest BCUT2D eigenvalue weighted by atomic mass is 10.3. The van der Waals surface area contributed by atoms with Crippen molar-refractivity contribution in [3.8, 4) is 0 Å². The zero-order valence-corrected chi connectivity index (χ0v) is 7.59. The van der Waals surface area contributed by atoms with Crippen molar-refractivity contribution in [1.82, 2.24) is 14.8 Å². The van der Waals surface area contributed by atoms with Crippen LogP contribution in [0.15, 0.2) is 11.0 Å². The average Bonchev–Trinajstić information content (AvgIpc) is 2.35. The number of aryl methyl sites for hydroxylation is 1. The summed E-state index contributed by atoms with van der Waals surface area (Å²) in [7, 11) is 1.69. The summed E-state index contributed by atoms with van der Waals surface area (Å²) < 4.78 is 1.50. The molecule has 0 aromatic carbocycles. The smallest absolute Gasteiger partial charge is 0.217 e. The number of aromatic nitrogens is 3. The number of nitrogens with two attached hydrogens (primary N) is 1. The van der Waals surface area contributed by atoms with Gasteiger partial charge in [0.2, 0.25) is 5.43 Å². The van der Waals surface area contributed by atoms with E-state index in [0.717, 1.165) is 0 Å². The molecule has 3 N–H and O–H groups in total. The van der Waals surface area contributed by atoms with Crippen LogP contribution in [0.2, 0.25) is 5.15 Å². The molecule has 0 aliphatic carbocycles. The minimum Gasteiger partial charge on any atom is -0.394 e. The van der Waals surface area contributed by atoms with E-state index in [2.05, 4.69) is 10.1 Å². The largest absolute Gasteiger partial charge is 0.394 e. The fraction of sp³-hybridized carbons (Fsp3) is 0.143. The molecule has 0 aliphatic rings. The number of nitrogens with one attached hydrogen (secondary N) is 1. The zero-order chi connectivity index (χ0) is 9.59. The molecule has 2 heterocycles. The first-order valence-electron chi connectivity index (χ1n) is 3.60. The van der Waals surface area contributed by atoms with E-state index in [1.54, 1.807) is 7.05 Å². The summed E-state index contributed by atoms with van der Waals surface area (Å²) in [6.07, 6.45) is 1.43. The quantitative estimate of drug-likeness (QED) is 0.647. The van der Waals surface area contributed by atoms with Crippen LogP contribution in [0.5, 0.6) is 0 Å². The summed E-state index contributed by atoms with van der Waals surface area (Å²) in [6, 6.07) is 0. The Morgan fingerprint density at radius 2 is 2.38 bits per heavy atom. The number of halogens is 1. The van der Waals surface area contributed by atoms with E-state index >= 15 is 0 Å². The maximum Gasteiger partial charge on any atom is 0.217 e. The third kappa shape index (κ3) is 1.01. The molecule has 5 nitrogen and oxygen atoms in total. The van der Waals surface area contributed by atoms with Crippen LogP contribution in [-0.2, 0) is 7.05 Å². The summed E-state index contributed by atoms with van der Waals surface area (Å²) in [5.41, 5.74) is 5.85. The zero-order valence-electron chi connectivity index (χ0n) is 6.84. The molecule has 2 aromatic heterocycles. The molecule has 0 bridgehead atoms. The summed E-state index contributed by atoms with van der Waals surface area (Å²) in [6.45, 7) is 0. The molecule has 0 unspecified atom stereocenters. The standard InChI is InChI=1S/C7H7ClN4O/c1-12-7-4(6(8)11-12)5(13)3(9)2-10-7/h2H,9H2,1H3,(H,10,13). The van der Waals surface area contributed by atoms with Crippen LogP contribution >= 0.6 is 11.6 Å². The minimum atomic E-state index is -0.285. The molecule has 0 radical (unpaired) electrons. The molecule has 2 rings (SSSR count). The highest BCUT2D eigenvalue weighted by Crippen LogP contribution is 2.17. The number of H-pyrrole nitrogens is 1. The van der Waals surface area contributed by atoms with E-state index in [0.29, 0.717) is 11.0 Å². The molecule has 2 aromatic rings. The molecular weight excluding hydrogens is 192 g/mol. The van der Waals surface area contributed by atoms with E-state index in [1.807, 2.05) is 0 Å². The number of nitrogen functional groups attached to an aromatic ring is 1. The Bertz CT molecular complexity index is 527. The number of hydrogen-bond acceptors (Lipinski definition) is 3. The van der Waals surface area contributed by atoms with Crippen molar-refractivity contribution in [3.05, 3.63) is 21.6 Å². The number of rotatable bonds is 0. The van der Waals surface area contributed by atoms with Crippen LogP contribution < -0.4 is 11.2 Å². The van der Waals surface area contributed by atoms with Crippen LogP contribution in [0, 0.1) is 0 Å². The lowest BCUT2D eigenvalue weighted by Gasteiger charge is -1.94. The minimum absolute atomic E-state index is 0.141. The maximum absolute atomic E-state index is 11.5. The maximum atomic E-state index is 11.5. The van der Waals surface area contributed by atoms with Gasteiger partial charge < -0.3 is 10.7 Å². The van der Waals surface area contributed by atoms with Gasteiger partial charge in [0.15, 0.2) is 5.15 Å². The molecule has 0 spiro atoms. The van der Waals surface area contributed by atoms with Gasteiger partial charge in [-0.3, -0.25) is 9.48 Å². The van der Waals surface area contributed by atoms with E-state index in [-0.39, 0.29) is 16.3 Å². The van der Waals surface area contributed by atoms with Crippen molar-refractivity contribution in [2.24, 2.45) is 7.05 Å². The predicted octanol–water partition coefficient (Wildman–Crippen LogP) is 0.497. The Morgan fingerprint density at radius 1 is 1.69 bits per heavy atom. The molecule has 0 atom stereocenters. The number of pyridine rings is 1. The second kappa shape index (κ2) is 2.50. The third-order valence-electron chi connectivity index (χ3n) is 1.86. The Hall–Kier alpha value is -1.49. The molecule has 0 amide bonds. The van der Waals surface area contributed by atoms with Gasteiger partial charge in [-0.1, -0.05) is 11.6 Å². The van der Waals surface area contributed by atoms with E-state index in [9.17, 15) is 4.79 Å². The summed E-state index contributed by atoms with van der Waals surface area (Å²) in [4.78, 5) is 14.3. The second-order valence-electron chi connectivity index (χ2n) is 2.71. The monoisotopic (exact) mass is 198 g/mol. The Morgan fingerprint density at radius 3 is 3.08 bits per heavy atom. The van der Waals surface area contributed by atoms with E-state index in [4.69, 9.17) is 17.3 Å². The number of aromatic amines is 1. The van der Waals surface area contributed by atoms with E-state index in [1.165, 1.54) is 10.9 Å². The first-order valence-corrected chi connectivity index (χ1v) is 3.98. The molecule has 0 saturated carbocycles. The number of hydrogen-bond donors (Lipinski definition) is 2. The lowest BCUT2D eigenvalue weighted by Crippen LogP contribution is -2.08. The molecule has 0 fully saturated rings. The summed E-state index contributed by atoms with van der Waals surface area (Å²) in [5, 5.41) is 4.40. The fourth-order valence-corrected chi connectivity index (χ4v) is 1.50. The first-order chi connectivity index (χ1) is 6.11. The van der Waals surface area contributed by atoms with Gasteiger partial charge in [0.1, 0.15) is 11.0 Å². The summed E-state index contributed by atoms with van der Waals surface area (Å²) in [5.74, 6) is 0. The predicted molar refractivity (Wildman–Crippen MR) is 50.8 cm³/mol. The van der Waals surface area contributed by atoms with Crippen molar-refractivity contribution in [3.63, 3.8) is 0 Å². The molecule has 68 valence electrons. The van der Waals surface area contributed by atoms with Gasteiger partial charge in [-0.25, -0.2) is 0 Å². The van der Waals surface area contributed by atoms with Gasteiger partial charge in [-0.2, -0.15) is 5.10 Å². The Labute approximate surface area is 78.1 Å². The van der Waals surface area contributed by atoms with Gasteiger partial charge in [0, 0.05) is 13.2 Å². The van der Waals surface area contributed by atoms with Crippen LogP contribution in [0.1, 0.15) is 0 Å². The molecule has 0 saturated heterocycles. The second-order valence-corrected chi connectivity index (χ2v) is 3.07. The van der Waals surface area contributed by atoms with Gasteiger partial charge >= 0.3 is 0 Å². The van der Waals surface area contributed by atoms with Crippen molar-refractivity contribution >= 4 is 28.3 Å². The highest BCUT2D eigenvalue weighted by molar-refractivity contribution is 6.34. The van der Waals surface area contributed by atoms with Crippen molar-refractivity contribution < 1.29 is 0 Å². The van der Waals surface area contributed by atoms with Crippen molar-refractivity contribution in [2.75, 3.05) is 5.73 Å². The van der Waals surface area contributed by atoms with Crippen molar-refractivity contribution in [1.29, 1.82) is 0 Å². The highest BCUT2D eigenvalue weighted by Gasteiger charge is 2.11. The number of nitrogens with zero attached hydrogens (tertiary/aromatic N) is 2. The van der Waals surface area contributed by atoms with Crippen LogP contribution in [0.3, 0.4) is 0 Å². The average molecular weight is 199 g/mol. The van der Waals surface area contributed by atoms with Crippen LogP contribution in [-0.4, -0.2) is 14.8 Å². The van der Waals surface area contributed by atoms with Crippen LogP contribution in [0.25, 0.3) is 11.0 Å². The van der Waals surface area contributed by atoms with Gasteiger partial charge in [-0.15, -0.1) is 0 Å². The lowest BCUT2D eigenvalue weighted by molar-refractivity contribution is 0.787. The van der Waals surface area contributed by atoms with E-state index < -0.39 is 0 Å². The topological polar surface area (TPSA) is 76.7 Å². The summed E-state index contributed by atoms with van der Waals surface area (Å²) >= 11 is 5.75. The normalized spacial score (nSPS) is 10.9. The molecule has 6 heteroatoms. The Balaban J connectivity index is 3.08. The van der Waals surface area contributed by atoms with Gasteiger partial charge in [0.05, 0.1) is 5.69 Å².